The van der Waals surface area contributed by atoms with Gasteiger partial charge in [-0.25, -0.2) is 4.98 Å². The Balaban J connectivity index is 1.51. The van der Waals surface area contributed by atoms with E-state index < -0.39 is 0 Å². The number of halogens is 2. The van der Waals surface area contributed by atoms with E-state index >= 15 is 0 Å². The Labute approximate surface area is 169 Å². The van der Waals surface area contributed by atoms with Crippen LogP contribution in [0.2, 0.25) is 10.0 Å². The van der Waals surface area contributed by atoms with E-state index in [1.165, 1.54) is 21.8 Å². The van der Waals surface area contributed by atoms with Crippen molar-refractivity contribution in [1.82, 2.24) is 14.3 Å². The van der Waals surface area contributed by atoms with Gasteiger partial charge in [-0.3, -0.25) is 18.9 Å². The quantitative estimate of drug-likeness (QED) is 0.696. The van der Waals surface area contributed by atoms with Crippen molar-refractivity contribution in [2.24, 2.45) is 0 Å². The molecule has 4 rings (SSSR count). The van der Waals surface area contributed by atoms with Gasteiger partial charge in [0.1, 0.15) is 0 Å². The number of carbonyl (C=O) groups excluding carboxylic acids is 1. The van der Waals surface area contributed by atoms with Crippen molar-refractivity contribution in [3.8, 4) is 0 Å². The van der Waals surface area contributed by atoms with Crippen molar-refractivity contribution in [1.29, 1.82) is 0 Å². The molecular formula is C18H16Cl2N4O2S. The van der Waals surface area contributed by atoms with Crippen LogP contribution in [0.1, 0.15) is 18.5 Å². The molecule has 6 nitrogen and oxygen atoms in total. The summed E-state index contributed by atoms with van der Waals surface area (Å²) in [7, 11) is 0. The molecule has 1 aromatic carbocycles. The fraction of sp³-hybridized carbons (Fsp3) is 0.278. The molecule has 0 bridgehead atoms. The molecular weight excluding hydrogens is 407 g/mol. The lowest BCUT2D eigenvalue weighted by Gasteiger charge is -2.23. The summed E-state index contributed by atoms with van der Waals surface area (Å²) < 4.78 is 1.52. The summed E-state index contributed by atoms with van der Waals surface area (Å²) in [4.78, 5) is 32.2. The molecule has 2 aromatic heterocycles. The Morgan fingerprint density at radius 1 is 1.26 bits per heavy atom. The molecule has 1 amide bonds. The minimum absolute atomic E-state index is 0.106. The maximum atomic E-state index is 12.8. The van der Waals surface area contributed by atoms with Crippen molar-refractivity contribution in [3.63, 3.8) is 0 Å². The van der Waals surface area contributed by atoms with Crippen molar-refractivity contribution in [2.75, 3.05) is 11.9 Å². The first-order valence-corrected chi connectivity index (χ1v) is 10.1. The third-order valence-electron chi connectivity index (χ3n) is 4.52. The van der Waals surface area contributed by atoms with Gasteiger partial charge in [0.15, 0.2) is 4.96 Å². The summed E-state index contributed by atoms with van der Waals surface area (Å²) in [6.07, 6.45) is 3.37. The van der Waals surface area contributed by atoms with E-state index in [-0.39, 0.29) is 17.5 Å². The number of nitrogens with zero attached hydrogens (tertiary/aromatic N) is 3. The molecule has 1 fully saturated rings. The third-order valence-corrected chi connectivity index (χ3v) is 5.71. The lowest BCUT2D eigenvalue weighted by atomic mass is 10.2. The molecule has 27 heavy (non-hydrogen) atoms. The number of amides is 1. The van der Waals surface area contributed by atoms with Gasteiger partial charge in [0, 0.05) is 39.9 Å². The largest absolute Gasteiger partial charge is 0.325 e. The maximum Gasteiger partial charge on any atom is 0.258 e. The molecule has 140 valence electrons. The number of thiazole rings is 1. The van der Waals surface area contributed by atoms with Gasteiger partial charge in [-0.2, -0.15) is 0 Å². The Morgan fingerprint density at radius 3 is 2.81 bits per heavy atom. The van der Waals surface area contributed by atoms with Crippen LogP contribution in [-0.4, -0.2) is 32.8 Å². The van der Waals surface area contributed by atoms with Gasteiger partial charge in [-0.1, -0.05) is 23.2 Å². The molecule has 0 aliphatic carbocycles. The SMILES string of the molecule is O=C(Nc1cc(Cl)cc(Cl)c1)C1CCCN1Cc1cc(=O)n2ccsc2n1. The standard InChI is InChI=1S/C18H16Cl2N4O2S/c19-11-6-12(20)8-13(7-11)21-17(26)15-2-1-3-23(15)10-14-9-16(25)24-4-5-27-18(24)22-14/h4-9,15H,1-3,10H2,(H,21,26). The molecule has 1 aliphatic heterocycles. The van der Waals surface area contributed by atoms with Crippen LogP contribution in [0.4, 0.5) is 5.69 Å². The second kappa shape index (κ2) is 7.59. The average molecular weight is 423 g/mol. The molecule has 1 aliphatic rings. The van der Waals surface area contributed by atoms with Gasteiger partial charge in [-0.15, -0.1) is 11.3 Å². The number of rotatable bonds is 4. The van der Waals surface area contributed by atoms with E-state index in [0.29, 0.717) is 32.9 Å². The zero-order valence-electron chi connectivity index (χ0n) is 14.2. The topological polar surface area (TPSA) is 66.7 Å². The van der Waals surface area contributed by atoms with Crippen LogP contribution in [0.25, 0.3) is 4.96 Å². The van der Waals surface area contributed by atoms with Gasteiger partial charge < -0.3 is 5.32 Å². The van der Waals surface area contributed by atoms with E-state index in [4.69, 9.17) is 23.2 Å². The summed E-state index contributed by atoms with van der Waals surface area (Å²) in [6.45, 7) is 1.23. The number of nitrogens with one attached hydrogen (secondary N) is 1. The van der Waals surface area contributed by atoms with Gasteiger partial charge in [0.2, 0.25) is 5.91 Å². The highest BCUT2D eigenvalue weighted by Crippen LogP contribution is 2.25. The molecule has 0 spiro atoms. The third kappa shape index (κ3) is 4.01. The highest BCUT2D eigenvalue weighted by molar-refractivity contribution is 7.15. The second-order valence-electron chi connectivity index (χ2n) is 6.42. The summed E-state index contributed by atoms with van der Waals surface area (Å²) >= 11 is 13.4. The zero-order chi connectivity index (χ0) is 19.0. The van der Waals surface area contributed by atoms with Crippen molar-refractivity contribution in [2.45, 2.75) is 25.4 Å². The molecule has 1 N–H and O–H groups in total. The second-order valence-corrected chi connectivity index (χ2v) is 8.16. The molecule has 0 radical (unpaired) electrons. The lowest BCUT2D eigenvalue weighted by Crippen LogP contribution is -2.39. The van der Waals surface area contributed by atoms with Gasteiger partial charge in [0.25, 0.3) is 5.56 Å². The number of benzene rings is 1. The molecule has 9 heteroatoms. The smallest absolute Gasteiger partial charge is 0.258 e. The highest BCUT2D eigenvalue weighted by atomic mass is 35.5. The minimum atomic E-state index is -0.286. The number of aromatic nitrogens is 2. The first-order valence-electron chi connectivity index (χ1n) is 8.46. The minimum Gasteiger partial charge on any atom is -0.325 e. The van der Waals surface area contributed by atoms with Crippen LogP contribution >= 0.6 is 34.5 Å². The first kappa shape index (κ1) is 18.4. The van der Waals surface area contributed by atoms with E-state index in [0.717, 1.165) is 19.4 Å². The van der Waals surface area contributed by atoms with E-state index in [1.54, 1.807) is 24.4 Å². The fourth-order valence-electron chi connectivity index (χ4n) is 3.34. The predicted molar refractivity (Wildman–Crippen MR) is 108 cm³/mol. The lowest BCUT2D eigenvalue weighted by molar-refractivity contribution is -0.120. The number of likely N-dealkylation sites (tertiary alicyclic amines) is 1. The Kier molecular flexibility index (Phi) is 5.19. The molecule has 3 aromatic rings. The zero-order valence-corrected chi connectivity index (χ0v) is 16.5. The van der Waals surface area contributed by atoms with Crippen LogP contribution < -0.4 is 10.9 Å². The monoisotopic (exact) mass is 422 g/mol. The van der Waals surface area contributed by atoms with Crippen LogP contribution in [0.3, 0.4) is 0 Å². The number of fused-ring (bicyclic) bond motifs is 1. The molecule has 1 unspecified atom stereocenters. The van der Waals surface area contributed by atoms with Crippen LogP contribution in [-0.2, 0) is 11.3 Å². The Hall–Kier alpha value is -1.93. The summed E-state index contributed by atoms with van der Waals surface area (Å²) in [5, 5.41) is 5.65. The summed E-state index contributed by atoms with van der Waals surface area (Å²) in [5.41, 5.74) is 1.14. The van der Waals surface area contributed by atoms with Crippen LogP contribution in [0.5, 0.6) is 0 Å². The van der Waals surface area contributed by atoms with Gasteiger partial charge in [0.05, 0.1) is 11.7 Å². The summed E-state index contributed by atoms with van der Waals surface area (Å²) in [5.74, 6) is -0.111. The number of hydrogen-bond acceptors (Lipinski definition) is 5. The molecule has 3 heterocycles. The van der Waals surface area contributed by atoms with E-state index in [1.807, 2.05) is 10.3 Å². The first-order chi connectivity index (χ1) is 13.0. The Bertz CT molecular complexity index is 1040. The molecule has 1 saturated heterocycles. The number of anilines is 1. The maximum absolute atomic E-state index is 12.8. The molecule has 0 saturated carbocycles. The van der Waals surface area contributed by atoms with Gasteiger partial charge >= 0.3 is 0 Å². The van der Waals surface area contributed by atoms with Crippen molar-refractivity contribution in [3.05, 3.63) is 61.9 Å². The summed E-state index contributed by atoms with van der Waals surface area (Å²) in [6, 6.07) is 6.19. The normalized spacial score (nSPS) is 17.5. The van der Waals surface area contributed by atoms with Gasteiger partial charge in [-0.05, 0) is 37.6 Å². The van der Waals surface area contributed by atoms with Crippen molar-refractivity contribution < 1.29 is 4.79 Å². The van der Waals surface area contributed by atoms with E-state index in [2.05, 4.69) is 10.3 Å². The average Bonchev–Trinajstić information content (AvgIpc) is 3.23. The van der Waals surface area contributed by atoms with Crippen molar-refractivity contribution >= 4 is 51.1 Å². The Morgan fingerprint density at radius 2 is 2.04 bits per heavy atom. The van der Waals surface area contributed by atoms with E-state index in [9.17, 15) is 9.59 Å². The predicted octanol–water partition coefficient (Wildman–Crippen LogP) is 3.67. The fourth-order valence-corrected chi connectivity index (χ4v) is 4.61. The highest BCUT2D eigenvalue weighted by Gasteiger charge is 2.31. The van der Waals surface area contributed by atoms with Crippen LogP contribution in [0.15, 0.2) is 40.6 Å². The number of carbonyl (C=O) groups is 1. The molecule has 1 atom stereocenters. The van der Waals surface area contributed by atoms with Crippen LogP contribution in [0, 0.1) is 0 Å². The number of hydrogen-bond donors (Lipinski definition) is 1.